The molecule has 110 valence electrons. The fraction of sp³-hybridized carbons (Fsp3) is 0.267. The van der Waals surface area contributed by atoms with Gasteiger partial charge in [-0.2, -0.15) is 0 Å². The largest absolute Gasteiger partial charge is 0.505 e. The summed E-state index contributed by atoms with van der Waals surface area (Å²) in [4.78, 5) is 12.8. The first-order valence-corrected chi connectivity index (χ1v) is 6.46. The number of benzene rings is 1. The summed E-state index contributed by atoms with van der Waals surface area (Å²) in [5, 5.41) is 18.2. The monoisotopic (exact) mass is 294 g/mol. The maximum Gasteiger partial charge on any atom is 0.414 e. The number of nitrogens with one attached hydrogen (secondary N) is 1. The van der Waals surface area contributed by atoms with Crippen LogP contribution in [0, 0.1) is 40.8 Å². The number of phenols is 1. The molecular formula is C15H14N6O. The van der Waals surface area contributed by atoms with Gasteiger partial charge in [-0.1, -0.05) is 23.2 Å². The van der Waals surface area contributed by atoms with Gasteiger partial charge in [0, 0.05) is 0 Å². The molecule has 7 nitrogen and oxygen atoms in total. The molecule has 0 aliphatic heterocycles. The smallest absolute Gasteiger partial charge is 0.414 e. The van der Waals surface area contributed by atoms with Gasteiger partial charge in [-0.15, -0.1) is 5.11 Å². The molecule has 0 amide bonds. The Balaban J connectivity index is 2.50. The summed E-state index contributed by atoms with van der Waals surface area (Å²) in [5.41, 5.74) is 3.99. The molecule has 0 aliphatic carbocycles. The molecule has 0 spiro atoms. The van der Waals surface area contributed by atoms with Gasteiger partial charge in [0.05, 0.1) is 0 Å². The normalized spacial score (nSPS) is 10.6. The second-order valence-corrected chi connectivity index (χ2v) is 4.85. The molecule has 0 saturated carbocycles. The number of azo groups is 1. The fourth-order valence-corrected chi connectivity index (χ4v) is 2.04. The summed E-state index contributed by atoms with van der Waals surface area (Å²) in [5.74, 6) is 0.126. The first-order chi connectivity index (χ1) is 10.4. The lowest BCUT2D eigenvalue weighted by atomic mass is 9.97. The SMILES string of the molecule is [C-]#[N+]c1nc(N=Nc2c(C)c(C)c(C)c(C)c2O)[nH]c1[N+]#[C-]. The van der Waals surface area contributed by atoms with E-state index >= 15 is 0 Å². The van der Waals surface area contributed by atoms with Crippen LogP contribution in [-0.2, 0) is 0 Å². The standard InChI is InChI=1S/C15H14N6O/c1-7-8(2)10(4)12(22)11(9(7)3)20-21-15-18-13(16-5)14(17-6)19-15/h22H,1-4H3,(H,18,19). The number of H-pyrrole nitrogens is 1. The van der Waals surface area contributed by atoms with Gasteiger partial charge in [0.15, 0.2) is 0 Å². The van der Waals surface area contributed by atoms with E-state index in [0.717, 1.165) is 22.3 Å². The van der Waals surface area contributed by atoms with Gasteiger partial charge in [-0.3, -0.25) is 4.98 Å². The van der Waals surface area contributed by atoms with Crippen LogP contribution in [-0.4, -0.2) is 15.1 Å². The zero-order chi connectivity index (χ0) is 16.4. The number of aromatic amines is 1. The molecule has 0 radical (unpaired) electrons. The summed E-state index contributed by atoms with van der Waals surface area (Å²) in [6.07, 6.45) is 0. The van der Waals surface area contributed by atoms with Crippen LogP contribution in [0.15, 0.2) is 10.2 Å². The number of aromatic nitrogens is 2. The fourth-order valence-electron chi connectivity index (χ4n) is 2.04. The predicted molar refractivity (Wildman–Crippen MR) is 82.3 cm³/mol. The van der Waals surface area contributed by atoms with Gasteiger partial charge in [0.25, 0.3) is 11.6 Å². The Hall–Kier alpha value is -3.19. The number of aromatic hydroxyl groups is 1. The van der Waals surface area contributed by atoms with Crippen molar-refractivity contribution >= 4 is 23.3 Å². The number of hydrogen-bond donors (Lipinski definition) is 2. The number of phenolic OH excluding ortho intramolecular Hbond substituents is 1. The third kappa shape index (κ3) is 2.40. The van der Waals surface area contributed by atoms with E-state index in [9.17, 15) is 5.11 Å². The Bertz CT molecular complexity index is 803. The van der Waals surface area contributed by atoms with E-state index in [1.807, 2.05) is 27.7 Å². The average molecular weight is 294 g/mol. The minimum atomic E-state index is -0.0406. The summed E-state index contributed by atoms with van der Waals surface area (Å²) < 4.78 is 0. The van der Waals surface area contributed by atoms with Crippen molar-refractivity contribution in [3.05, 3.63) is 45.1 Å². The number of nitrogens with zero attached hydrogens (tertiary/aromatic N) is 5. The highest BCUT2D eigenvalue weighted by Gasteiger charge is 2.16. The molecule has 7 heteroatoms. The second-order valence-electron chi connectivity index (χ2n) is 4.85. The van der Waals surface area contributed by atoms with Crippen molar-refractivity contribution in [2.24, 2.45) is 10.2 Å². The molecular weight excluding hydrogens is 280 g/mol. The van der Waals surface area contributed by atoms with Crippen LogP contribution in [0.4, 0.5) is 23.3 Å². The Kier molecular flexibility index (Phi) is 3.91. The molecule has 0 aliphatic rings. The topological polar surface area (TPSA) is 82.4 Å². The number of imidazole rings is 1. The van der Waals surface area contributed by atoms with E-state index in [1.54, 1.807) is 0 Å². The summed E-state index contributed by atoms with van der Waals surface area (Å²) in [6, 6.07) is 0. The summed E-state index contributed by atoms with van der Waals surface area (Å²) >= 11 is 0. The van der Waals surface area contributed by atoms with Crippen molar-refractivity contribution in [1.29, 1.82) is 0 Å². The van der Waals surface area contributed by atoms with Crippen LogP contribution in [0.3, 0.4) is 0 Å². The zero-order valence-corrected chi connectivity index (χ0v) is 12.7. The molecule has 0 unspecified atom stereocenters. The Labute approximate surface area is 128 Å². The van der Waals surface area contributed by atoms with E-state index < -0.39 is 0 Å². The van der Waals surface area contributed by atoms with Crippen LogP contribution < -0.4 is 0 Å². The van der Waals surface area contributed by atoms with Crippen molar-refractivity contribution in [3.63, 3.8) is 0 Å². The minimum absolute atomic E-state index is 0.0289. The van der Waals surface area contributed by atoms with E-state index in [0.29, 0.717) is 5.69 Å². The van der Waals surface area contributed by atoms with Crippen molar-refractivity contribution in [2.75, 3.05) is 0 Å². The molecule has 0 fully saturated rings. The lowest BCUT2D eigenvalue weighted by Gasteiger charge is -2.13. The molecule has 1 aromatic carbocycles. The van der Waals surface area contributed by atoms with Crippen molar-refractivity contribution in [2.45, 2.75) is 27.7 Å². The molecule has 0 bridgehead atoms. The number of hydrogen-bond acceptors (Lipinski definition) is 4. The Morgan fingerprint density at radius 1 is 0.955 bits per heavy atom. The summed E-state index contributed by atoms with van der Waals surface area (Å²) in [6.45, 7) is 21.4. The maximum atomic E-state index is 10.2. The highest BCUT2D eigenvalue weighted by atomic mass is 16.3. The second kappa shape index (κ2) is 5.66. The van der Waals surface area contributed by atoms with Gasteiger partial charge >= 0.3 is 5.95 Å². The number of rotatable bonds is 2. The lowest BCUT2D eigenvalue weighted by molar-refractivity contribution is 0.471. The minimum Gasteiger partial charge on any atom is -0.505 e. The van der Waals surface area contributed by atoms with E-state index in [2.05, 4.69) is 29.9 Å². The average Bonchev–Trinajstić information content (AvgIpc) is 2.93. The van der Waals surface area contributed by atoms with Crippen molar-refractivity contribution in [1.82, 2.24) is 9.97 Å². The molecule has 1 heterocycles. The molecule has 22 heavy (non-hydrogen) atoms. The van der Waals surface area contributed by atoms with Crippen molar-refractivity contribution in [3.8, 4) is 5.75 Å². The van der Waals surface area contributed by atoms with Gasteiger partial charge in [0.1, 0.15) is 11.4 Å². The molecule has 1 aromatic heterocycles. The first kappa shape index (κ1) is 15.2. The van der Waals surface area contributed by atoms with E-state index in [4.69, 9.17) is 13.1 Å². The van der Waals surface area contributed by atoms with E-state index in [-0.39, 0.29) is 23.3 Å². The van der Waals surface area contributed by atoms with E-state index in [1.165, 1.54) is 0 Å². The van der Waals surface area contributed by atoms with Gasteiger partial charge in [-0.25, -0.2) is 0 Å². The Morgan fingerprint density at radius 3 is 2.14 bits per heavy atom. The molecule has 0 saturated heterocycles. The van der Waals surface area contributed by atoms with Crippen LogP contribution >= 0.6 is 0 Å². The summed E-state index contributed by atoms with van der Waals surface area (Å²) in [7, 11) is 0. The van der Waals surface area contributed by atoms with Gasteiger partial charge in [0.2, 0.25) is 0 Å². The highest BCUT2D eigenvalue weighted by Crippen LogP contribution is 2.39. The predicted octanol–water partition coefficient (Wildman–Crippen LogP) is 4.87. The zero-order valence-electron chi connectivity index (χ0n) is 12.7. The molecule has 0 atom stereocenters. The third-order valence-corrected chi connectivity index (χ3v) is 3.74. The first-order valence-electron chi connectivity index (χ1n) is 6.46. The molecule has 2 rings (SSSR count). The van der Waals surface area contributed by atoms with Crippen LogP contribution in [0.1, 0.15) is 22.3 Å². The third-order valence-electron chi connectivity index (χ3n) is 3.74. The molecule has 2 aromatic rings. The van der Waals surface area contributed by atoms with Gasteiger partial charge in [-0.05, 0) is 49.9 Å². The van der Waals surface area contributed by atoms with Crippen molar-refractivity contribution < 1.29 is 5.11 Å². The maximum absolute atomic E-state index is 10.2. The highest BCUT2D eigenvalue weighted by molar-refractivity contribution is 5.66. The quantitative estimate of drug-likeness (QED) is 0.612. The Morgan fingerprint density at radius 2 is 1.59 bits per heavy atom. The lowest BCUT2D eigenvalue weighted by Crippen LogP contribution is -1.92. The van der Waals surface area contributed by atoms with Crippen LogP contribution in [0.25, 0.3) is 9.69 Å². The van der Waals surface area contributed by atoms with Gasteiger partial charge < -0.3 is 14.8 Å². The van der Waals surface area contributed by atoms with Crippen LogP contribution in [0.5, 0.6) is 5.75 Å². The van der Waals surface area contributed by atoms with Crippen LogP contribution in [0.2, 0.25) is 0 Å². The molecule has 2 N–H and O–H groups in total.